The van der Waals surface area contributed by atoms with Gasteiger partial charge in [0.15, 0.2) is 5.69 Å². The van der Waals surface area contributed by atoms with Crippen LogP contribution in [0.4, 0.5) is 4.39 Å². The molecule has 176 valence electrons. The molecule has 0 aliphatic carbocycles. The summed E-state index contributed by atoms with van der Waals surface area (Å²) in [7, 11) is 0. The molecule has 3 rings (SSSR count). The molecule has 1 heterocycles. The third-order valence-corrected chi connectivity index (χ3v) is 5.18. The van der Waals surface area contributed by atoms with Crippen LogP contribution < -0.4 is 16.4 Å². The highest BCUT2D eigenvalue weighted by Crippen LogP contribution is 2.24. The van der Waals surface area contributed by atoms with E-state index in [4.69, 9.17) is 11.0 Å². The van der Waals surface area contributed by atoms with Gasteiger partial charge in [0.1, 0.15) is 11.9 Å². The molecule has 34 heavy (non-hydrogen) atoms. The monoisotopic (exact) mass is 464 g/mol. The summed E-state index contributed by atoms with van der Waals surface area (Å²) in [6.45, 7) is 5.17. The standard InChI is InChI=1S/C24H25FN6O3/c1-24(2,3)21(23(34)28-12-19(27)32)29-22(33)20-17-9-8-16(25)10-18(17)31(30-20)13-15-6-4-14(11-26)5-7-15/h4-10,21H,12-13H2,1-3H3,(H2,27,32)(H,28,34)(H,29,33)/t21-/m1/s1. The third-order valence-electron chi connectivity index (χ3n) is 5.18. The highest BCUT2D eigenvalue weighted by atomic mass is 19.1. The molecule has 4 N–H and O–H groups in total. The van der Waals surface area contributed by atoms with Gasteiger partial charge < -0.3 is 16.4 Å². The molecule has 0 fully saturated rings. The summed E-state index contributed by atoms with van der Waals surface area (Å²) in [6, 6.07) is 11.9. The maximum atomic E-state index is 14.0. The van der Waals surface area contributed by atoms with Crippen molar-refractivity contribution in [1.82, 2.24) is 20.4 Å². The number of primary amides is 1. The average molecular weight is 465 g/mol. The van der Waals surface area contributed by atoms with Crippen LogP contribution in [0.3, 0.4) is 0 Å². The lowest BCUT2D eigenvalue weighted by molar-refractivity contribution is -0.128. The fraction of sp³-hybridized carbons (Fsp3) is 0.292. The van der Waals surface area contributed by atoms with E-state index in [1.54, 1.807) is 45.0 Å². The van der Waals surface area contributed by atoms with Crippen molar-refractivity contribution in [2.75, 3.05) is 6.54 Å². The van der Waals surface area contributed by atoms with Crippen LogP contribution in [0.15, 0.2) is 42.5 Å². The molecule has 10 heteroatoms. The number of rotatable bonds is 7. The molecular weight excluding hydrogens is 439 g/mol. The zero-order valence-electron chi connectivity index (χ0n) is 19.1. The van der Waals surface area contributed by atoms with Gasteiger partial charge in [-0.05, 0) is 41.3 Å². The average Bonchev–Trinajstić information content (AvgIpc) is 3.13. The molecule has 0 aliphatic rings. The molecule has 2 aromatic carbocycles. The zero-order chi connectivity index (χ0) is 25.0. The Morgan fingerprint density at radius 3 is 2.44 bits per heavy atom. The summed E-state index contributed by atoms with van der Waals surface area (Å²) < 4.78 is 15.5. The van der Waals surface area contributed by atoms with Crippen LogP contribution in [0.25, 0.3) is 10.9 Å². The van der Waals surface area contributed by atoms with Gasteiger partial charge in [-0.25, -0.2) is 4.39 Å². The topological polar surface area (TPSA) is 143 Å². The number of carbonyl (C=O) groups is 3. The first-order chi connectivity index (χ1) is 16.0. The molecule has 1 aromatic heterocycles. The maximum Gasteiger partial charge on any atom is 0.273 e. The van der Waals surface area contributed by atoms with Crippen LogP contribution >= 0.6 is 0 Å². The summed E-state index contributed by atoms with van der Waals surface area (Å²) in [4.78, 5) is 36.9. The summed E-state index contributed by atoms with van der Waals surface area (Å²) in [6.07, 6.45) is 0. The Hall–Kier alpha value is -4.26. The van der Waals surface area contributed by atoms with E-state index in [0.29, 0.717) is 16.5 Å². The highest BCUT2D eigenvalue weighted by Gasteiger charge is 2.34. The number of carbonyl (C=O) groups excluding carboxylic acids is 3. The second-order valence-electron chi connectivity index (χ2n) is 8.93. The second kappa shape index (κ2) is 9.70. The quantitative estimate of drug-likeness (QED) is 0.489. The number of nitriles is 1. The van der Waals surface area contributed by atoms with Crippen LogP contribution in [0, 0.1) is 22.6 Å². The molecule has 1 atom stereocenters. The summed E-state index contributed by atoms with van der Waals surface area (Å²) in [5, 5.41) is 18.9. The molecule has 0 spiro atoms. The lowest BCUT2D eigenvalue weighted by atomic mass is 9.86. The molecule has 0 saturated heterocycles. The number of aromatic nitrogens is 2. The van der Waals surface area contributed by atoms with Crippen LogP contribution in [-0.4, -0.2) is 40.1 Å². The van der Waals surface area contributed by atoms with Crippen molar-refractivity contribution in [3.8, 4) is 6.07 Å². The summed E-state index contributed by atoms with van der Waals surface area (Å²) >= 11 is 0. The van der Waals surface area contributed by atoms with Gasteiger partial charge in [0.2, 0.25) is 11.8 Å². The number of hydrogen-bond acceptors (Lipinski definition) is 5. The Labute approximate surface area is 195 Å². The number of fused-ring (bicyclic) bond motifs is 1. The van der Waals surface area contributed by atoms with Crippen LogP contribution in [0.1, 0.15) is 42.4 Å². The van der Waals surface area contributed by atoms with Crippen molar-refractivity contribution in [2.45, 2.75) is 33.4 Å². The van der Waals surface area contributed by atoms with E-state index in [9.17, 15) is 18.8 Å². The highest BCUT2D eigenvalue weighted by molar-refractivity contribution is 6.06. The van der Waals surface area contributed by atoms with E-state index in [-0.39, 0.29) is 18.8 Å². The molecule has 0 aliphatic heterocycles. The summed E-state index contributed by atoms with van der Waals surface area (Å²) in [5.74, 6) is -2.38. The maximum absolute atomic E-state index is 14.0. The van der Waals surface area contributed by atoms with Gasteiger partial charge in [0, 0.05) is 5.39 Å². The van der Waals surface area contributed by atoms with Gasteiger partial charge in [-0.15, -0.1) is 0 Å². The van der Waals surface area contributed by atoms with Crippen molar-refractivity contribution in [3.63, 3.8) is 0 Å². The van der Waals surface area contributed by atoms with E-state index in [0.717, 1.165) is 5.56 Å². The molecule has 3 aromatic rings. The van der Waals surface area contributed by atoms with E-state index in [1.807, 2.05) is 6.07 Å². The molecule has 0 unspecified atom stereocenters. The molecule has 0 bridgehead atoms. The predicted molar refractivity (Wildman–Crippen MR) is 123 cm³/mol. The fourth-order valence-electron chi connectivity index (χ4n) is 3.44. The van der Waals surface area contributed by atoms with E-state index < -0.39 is 35.0 Å². The number of amides is 3. The minimum Gasteiger partial charge on any atom is -0.368 e. The Morgan fingerprint density at radius 1 is 1.18 bits per heavy atom. The van der Waals surface area contributed by atoms with E-state index >= 15 is 0 Å². The van der Waals surface area contributed by atoms with Crippen molar-refractivity contribution >= 4 is 28.6 Å². The van der Waals surface area contributed by atoms with Crippen LogP contribution in [0.5, 0.6) is 0 Å². The second-order valence-corrected chi connectivity index (χ2v) is 8.93. The van der Waals surface area contributed by atoms with Gasteiger partial charge >= 0.3 is 0 Å². The van der Waals surface area contributed by atoms with E-state index in [2.05, 4.69) is 15.7 Å². The van der Waals surface area contributed by atoms with Crippen molar-refractivity contribution in [3.05, 3.63) is 65.1 Å². The van der Waals surface area contributed by atoms with Crippen LogP contribution in [0.2, 0.25) is 0 Å². The predicted octanol–water partition coefficient (Wildman–Crippen LogP) is 1.84. The van der Waals surface area contributed by atoms with Gasteiger partial charge in [-0.3, -0.25) is 19.1 Å². The van der Waals surface area contributed by atoms with Gasteiger partial charge in [-0.2, -0.15) is 10.4 Å². The smallest absolute Gasteiger partial charge is 0.273 e. The third kappa shape index (κ3) is 5.56. The molecule has 9 nitrogen and oxygen atoms in total. The number of nitrogens with zero attached hydrogens (tertiary/aromatic N) is 3. The summed E-state index contributed by atoms with van der Waals surface area (Å²) in [5.41, 5.74) is 6.15. The SMILES string of the molecule is CC(C)(C)[C@H](NC(=O)c1nn(Cc2ccc(C#N)cc2)c2cc(F)ccc12)C(=O)NCC(N)=O. The normalized spacial score (nSPS) is 12.1. The zero-order valence-corrected chi connectivity index (χ0v) is 19.1. The lowest BCUT2D eigenvalue weighted by Crippen LogP contribution is -2.54. The molecule has 0 radical (unpaired) electrons. The Morgan fingerprint density at radius 2 is 1.85 bits per heavy atom. The Balaban J connectivity index is 1.94. The van der Waals surface area contributed by atoms with Gasteiger partial charge in [0.25, 0.3) is 5.91 Å². The van der Waals surface area contributed by atoms with Crippen LogP contribution in [-0.2, 0) is 16.1 Å². The first-order valence-corrected chi connectivity index (χ1v) is 10.5. The first kappa shape index (κ1) is 24.4. The number of halogens is 1. The lowest BCUT2D eigenvalue weighted by Gasteiger charge is -2.30. The van der Waals surface area contributed by atoms with Crippen molar-refractivity contribution in [1.29, 1.82) is 5.26 Å². The number of nitrogens with one attached hydrogen (secondary N) is 2. The van der Waals surface area contributed by atoms with Crippen molar-refractivity contribution in [2.24, 2.45) is 11.1 Å². The minimum atomic E-state index is -0.987. The Bertz CT molecular complexity index is 1290. The largest absolute Gasteiger partial charge is 0.368 e. The Kier molecular flexibility index (Phi) is 6.96. The van der Waals surface area contributed by atoms with E-state index in [1.165, 1.54) is 22.9 Å². The number of hydrogen-bond donors (Lipinski definition) is 3. The van der Waals surface area contributed by atoms with Gasteiger partial charge in [0.05, 0.1) is 30.2 Å². The minimum absolute atomic E-state index is 0.0283. The molecule has 0 saturated carbocycles. The van der Waals surface area contributed by atoms with Gasteiger partial charge in [-0.1, -0.05) is 32.9 Å². The van der Waals surface area contributed by atoms with Crippen molar-refractivity contribution < 1.29 is 18.8 Å². The molecular formula is C24H25FN6O3. The molecule has 3 amide bonds. The number of benzene rings is 2. The fourth-order valence-corrected chi connectivity index (χ4v) is 3.44. The first-order valence-electron chi connectivity index (χ1n) is 10.5. The number of nitrogens with two attached hydrogens (primary N) is 1.